The van der Waals surface area contributed by atoms with Gasteiger partial charge in [0, 0.05) is 29.3 Å². The van der Waals surface area contributed by atoms with Gasteiger partial charge < -0.3 is 9.88 Å². The molecule has 9 rings (SSSR count). The number of H-pyrrole nitrogens is 1. The van der Waals surface area contributed by atoms with Gasteiger partial charge in [0.15, 0.2) is 0 Å². The molecule has 0 saturated carbocycles. The largest absolute Gasteiger partial charge is 0.355 e. The first-order chi connectivity index (χ1) is 33.3. The molecule has 0 radical (unpaired) electrons. The Morgan fingerprint density at radius 2 is 1.41 bits per heavy atom. The van der Waals surface area contributed by atoms with E-state index < -0.39 is 0 Å². The van der Waals surface area contributed by atoms with Gasteiger partial charge in [-0.3, -0.25) is 0 Å². The maximum Gasteiger partial charge on any atom is 0.0449 e. The minimum absolute atomic E-state index is 0.658. The van der Waals surface area contributed by atoms with Crippen LogP contribution in [0.5, 0.6) is 0 Å². The summed E-state index contributed by atoms with van der Waals surface area (Å²) in [6.07, 6.45) is 42.5. The molecule has 1 aromatic heterocycles. The SMILES string of the molecule is C#CC.C/C=C\c1[nH]c2c(c1C)C(C)CC=C2.C=C/C=C(\C=C/C)c1cc(C2=CC=C=CC=C2)cc(-c2cc(-c3ccccc3)cc(-c3ccc(N4C/C=C\C=C/Cc5ccccc54)cc3)c2)c1. The van der Waals surface area contributed by atoms with Crippen molar-refractivity contribution in [2.45, 2.75) is 53.4 Å². The fraction of sp³-hybridized carbons (Fsp3) is 0.136. The lowest BCUT2D eigenvalue weighted by Gasteiger charge is -2.26. The summed E-state index contributed by atoms with van der Waals surface area (Å²) in [6.45, 7) is 15.1. The molecule has 0 spiro atoms. The molecule has 68 heavy (non-hydrogen) atoms. The third-order valence-corrected chi connectivity index (χ3v) is 12.2. The number of nitrogens with one attached hydrogen (secondary N) is 1. The van der Waals surface area contributed by atoms with Crippen LogP contribution in [0, 0.1) is 19.3 Å². The molecular weight excluding hydrogens is 821 g/mol. The van der Waals surface area contributed by atoms with Gasteiger partial charge in [-0.1, -0.05) is 147 Å². The number of nitrogens with zero attached hydrogens (tertiary/aromatic N) is 1. The van der Waals surface area contributed by atoms with E-state index in [1.807, 2.05) is 24.3 Å². The molecule has 5 aromatic carbocycles. The summed E-state index contributed by atoms with van der Waals surface area (Å²) in [5.41, 5.74) is 24.0. The smallest absolute Gasteiger partial charge is 0.0449 e. The zero-order valence-corrected chi connectivity index (χ0v) is 40.2. The monoisotopic (exact) mass is 882 g/mol. The lowest BCUT2D eigenvalue weighted by Crippen LogP contribution is -2.18. The summed E-state index contributed by atoms with van der Waals surface area (Å²) >= 11 is 0. The second kappa shape index (κ2) is 23.9. The molecule has 0 fully saturated rings. The highest BCUT2D eigenvalue weighted by Gasteiger charge is 2.19. The van der Waals surface area contributed by atoms with Crippen LogP contribution in [0.15, 0.2) is 219 Å². The van der Waals surface area contributed by atoms with Gasteiger partial charge in [0.2, 0.25) is 0 Å². The first-order valence-electron chi connectivity index (χ1n) is 23.6. The van der Waals surface area contributed by atoms with Gasteiger partial charge in [-0.15, -0.1) is 18.1 Å². The summed E-state index contributed by atoms with van der Waals surface area (Å²) in [4.78, 5) is 5.86. The van der Waals surface area contributed by atoms with Crippen molar-refractivity contribution in [3.63, 3.8) is 0 Å². The average molecular weight is 883 g/mol. The van der Waals surface area contributed by atoms with Crippen LogP contribution in [-0.2, 0) is 6.42 Å². The van der Waals surface area contributed by atoms with E-state index in [2.05, 4.69) is 256 Å². The molecular formula is C66H62N2. The van der Waals surface area contributed by atoms with Crippen LogP contribution < -0.4 is 4.90 Å². The standard InChI is InChI=1S/C50H41N.C13H17N.C3H4/c1-3-18-38(19-4-2)43-32-44(39-20-10-5-6-11-21-39)35-47(34-43)48-36-45(40-22-13-9-14-23-40)33-46(37-48)41-27-29-49(30-28-41)51-31-17-8-7-12-24-42-25-15-16-26-50(42)51;1-4-6-11-10(3)13-9(2)7-5-8-12(13)14-11;1-3-2/h3-5,7-23,25-30,32-37H,1,24,31H2,2H3;4-6,8-9,14H,7H2,1-3H3;1H,2H3/b12-7-,17-8-,19-4-,38-18+;6-4-;. The number of benzene rings is 5. The van der Waals surface area contributed by atoms with Gasteiger partial charge in [-0.25, -0.2) is 0 Å². The molecule has 336 valence electrons. The van der Waals surface area contributed by atoms with Crippen molar-refractivity contribution < 1.29 is 0 Å². The van der Waals surface area contributed by atoms with E-state index in [1.165, 1.54) is 68.1 Å². The fourth-order valence-electron chi connectivity index (χ4n) is 8.99. The summed E-state index contributed by atoms with van der Waals surface area (Å²) in [5, 5.41) is 0. The van der Waals surface area contributed by atoms with E-state index in [4.69, 9.17) is 0 Å². The molecule has 2 aliphatic carbocycles. The van der Waals surface area contributed by atoms with Crippen molar-refractivity contribution in [3.8, 4) is 45.7 Å². The molecule has 1 atom stereocenters. The zero-order chi connectivity index (χ0) is 47.7. The van der Waals surface area contributed by atoms with Crippen LogP contribution >= 0.6 is 0 Å². The zero-order valence-electron chi connectivity index (χ0n) is 40.2. The van der Waals surface area contributed by atoms with Crippen molar-refractivity contribution in [3.05, 3.63) is 258 Å². The van der Waals surface area contributed by atoms with Crippen LogP contribution in [0.3, 0.4) is 0 Å². The minimum Gasteiger partial charge on any atom is -0.355 e. The number of aromatic nitrogens is 1. The second-order valence-corrected chi connectivity index (χ2v) is 17.0. The Morgan fingerprint density at radius 1 is 0.750 bits per heavy atom. The predicted octanol–water partition coefficient (Wildman–Crippen LogP) is 17.8. The molecule has 1 unspecified atom stereocenters. The normalized spacial score (nSPS) is 15.8. The fourth-order valence-corrected chi connectivity index (χ4v) is 8.99. The van der Waals surface area contributed by atoms with Crippen LogP contribution in [0.4, 0.5) is 11.4 Å². The van der Waals surface area contributed by atoms with Crippen molar-refractivity contribution >= 4 is 34.7 Å². The quantitative estimate of drug-likeness (QED) is 0.0871. The summed E-state index contributed by atoms with van der Waals surface area (Å²) < 4.78 is 0. The summed E-state index contributed by atoms with van der Waals surface area (Å²) in [6, 6.07) is 42.3. The topological polar surface area (TPSA) is 19.0 Å². The molecule has 2 heterocycles. The highest BCUT2D eigenvalue weighted by atomic mass is 15.1. The van der Waals surface area contributed by atoms with E-state index in [0.717, 1.165) is 46.4 Å². The molecule has 1 N–H and O–H groups in total. The molecule has 2 heteroatoms. The van der Waals surface area contributed by atoms with Gasteiger partial charge in [0.05, 0.1) is 0 Å². The van der Waals surface area contributed by atoms with E-state index in [9.17, 15) is 0 Å². The Hall–Kier alpha value is -8.08. The van der Waals surface area contributed by atoms with Crippen molar-refractivity contribution in [1.82, 2.24) is 4.98 Å². The molecule has 0 saturated heterocycles. The number of aromatic amines is 1. The Labute approximate surface area is 406 Å². The first kappa shape index (κ1) is 47.9. The number of hydrogen-bond donors (Lipinski definition) is 1. The molecule has 2 nitrogen and oxygen atoms in total. The van der Waals surface area contributed by atoms with E-state index >= 15 is 0 Å². The van der Waals surface area contributed by atoms with E-state index in [0.29, 0.717) is 5.92 Å². The molecule has 6 aromatic rings. The van der Waals surface area contributed by atoms with Crippen molar-refractivity contribution in [1.29, 1.82) is 0 Å². The minimum atomic E-state index is 0.658. The number of anilines is 2. The lowest BCUT2D eigenvalue weighted by atomic mass is 9.89. The molecule has 0 bridgehead atoms. The number of terminal acetylenes is 1. The summed E-state index contributed by atoms with van der Waals surface area (Å²) in [7, 11) is 0. The number of para-hydroxylation sites is 1. The van der Waals surface area contributed by atoms with Gasteiger partial charge >= 0.3 is 0 Å². The third kappa shape index (κ3) is 11.8. The number of rotatable bonds is 9. The van der Waals surface area contributed by atoms with E-state index in [-0.39, 0.29) is 0 Å². The van der Waals surface area contributed by atoms with Crippen LogP contribution in [0.1, 0.15) is 79.2 Å². The third-order valence-electron chi connectivity index (χ3n) is 12.2. The van der Waals surface area contributed by atoms with Crippen molar-refractivity contribution in [2.24, 2.45) is 0 Å². The highest BCUT2D eigenvalue weighted by molar-refractivity contribution is 5.88. The van der Waals surface area contributed by atoms with E-state index in [1.54, 1.807) is 6.92 Å². The Balaban J connectivity index is 0.000000339. The van der Waals surface area contributed by atoms with Gasteiger partial charge in [0.1, 0.15) is 0 Å². The number of allylic oxidation sites excluding steroid dienone is 15. The Kier molecular flexibility index (Phi) is 16.8. The maximum absolute atomic E-state index is 4.60. The molecule has 0 amide bonds. The van der Waals surface area contributed by atoms with Gasteiger partial charge in [0.25, 0.3) is 0 Å². The number of fused-ring (bicyclic) bond motifs is 2. The van der Waals surface area contributed by atoms with Gasteiger partial charge in [-0.2, -0.15) is 0 Å². The first-order valence-corrected chi connectivity index (χ1v) is 23.6. The maximum atomic E-state index is 4.60. The van der Waals surface area contributed by atoms with Crippen LogP contribution in [-0.4, -0.2) is 11.5 Å². The van der Waals surface area contributed by atoms with Crippen LogP contribution in [0.25, 0.3) is 56.7 Å². The Morgan fingerprint density at radius 3 is 2.13 bits per heavy atom. The van der Waals surface area contributed by atoms with Gasteiger partial charge in [-0.05, 0) is 204 Å². The van der Waals surface area contributed by atoms with Crippen LogP contribution in [0.2, 0.25) is 0 Å². The lowest BCUT2D eigenvalue weighted by molar-refractivity contribution is 0.767. The second-order valence-electron chi connectivity index (χ2n) is 17.0. The highest BCUT2D eigenvalue weighted by Crippen LogP contribution is 2.38. The molecule has 3 aliphatic rings. The Bertz CT molecular complexity index is 3060. The summed E-state index contributed by atoms with van der Waals surface area (Å²) in [5.74, 6) is 2.91. The number of hydrogen-bond acceptors (Lipinski definition) is 1. The average Bonchev–Trinajstić information content (AvgIpc) is 3.51. The predicted molar refractivity (Wildman–Crippen MR) is 298 cm³/mol. The van der Waals surface area contributed by atoms with Crippen molar-refractivity contribution in [2.75, 3.05) is 11.4 Å². The molecule has 1 aliphatic heterocycles.